The fourth-order valence-corrected chi connectivity index (χ4v) is 4.44. The smallest absolute Gasteiger partial charge is 0.0774 e. The molecule has 2 nitrogen and oxygen atoms in total. The van der Waals surface area contributed by atoms with Gasteiger partial charge >= 0.3 is 0 Å². The van der Waals surface area contributed by atoms with Gasteiger partial charge in [0.1, 0.15) is 0 Å². The lowest BCUT2D eigenvalue weighted by molar-refractivity contribution is -0.173. The molecule has 4 aliphatic rings. The Morgan fingerprint density at radius 2 is 1.75 bits per heavy atom. The second-order valence-corrected chi connectivity index (χ2v) is 6.98. The summed E-state index contributed by atoms with van der Waals surface area (Å²) in [6.45, 7) is 2.28. The number of hydrogen-bond acceptors (Lipinski definition) is 2. The number of nitrogens with zero attached hydrogens (tertiary/aromatic N) is 1. The summed E-state index contributed by atoms with van der Waals surface area (Å²) in [5.74, 6) is 0.998. The van der Waals surface area contributed by atoms with Crippen molar-refractivity contribution in [2.24, 2.45) is 11.3 Å². The van der Waals surface area contributed by atoms with Crippen LogP contribution in [0.2, 0.25) is 0 Å². The lowest BCUT2D eigenvalue weighted by Crippen LogP contribution is -2.71. The second kappa shape index (κ2) is 3.02. The maximum Gasteiger partial charge on any atom is 0.0774 e. The Kier molecular flexibility index (Phi) is 1.87. The zero-order valence-corrected chi connectivity index (χ0v) is 10.1. The summed E-state index contributed by atoms with van der Waals surface area (Å²) in [4.78, 5) is 2.63. The highest BCUT2D eigenvalue weighted by molar-refractivity contribution is 5.14. The van der Waals surface area contributed by atoms with Crippen LogP contribution in [-0.4, -0.2) is 34.7 Å². The van der Waals surface area contributed by atoms with E-state index in [-0.39, 0.29) is 5.60 Å². The molecule has 4 rings (SSSR count). The van der Waals surface area contributed by atoms with Crippen molar-refractivity contribution in [2.75, 3.05) is 13.1 Å². The number of likely N-dealkylation sites (tertiary alicyclic amines) is 1. The molecule has 0 amide bonds. The van der Waals surface area contributed by atoms with Crippen LogP contribution in [0.25, 0.3) is 0 Å². The predicted molar refractivity (Wildman–Crippen MR) is 63.2 cm³/mol. The number of rotatable bonds is 3. The molecule has 1 heterocycles. The first-order valence-corrected chi connectivity index (χ1v) is 7.17. The zero-order valence-electron chi connectivity index (χ0n) is 10.1. The minimum Gasteiger partial charge on any atom is -0.389 e. The van der Waals surface area contributed by atoms with Crippen molar-refractivity contribution in [1.82, 2.24) is 4.90 Å². The molecule has 0 radical (unpaired) electrons. The van der Waals surface area contributed by atoms with E-state index in [1.165, 1.54) is 45.1 Å². The van der Waals surface area contributed by atoms with Gasteiger partial charge in [0.05, 0.1) is 5.60 Å². The van der Waals surface area contributed by atoms with Crippen molar-refractivity contribution in [3.8, 4) is 0 Å². The van der Waals surface area contributed by atoms with E-state index in [9.17, 15) is 5.11 Å². The summed E-state index contributed by atoms with van der Waals surface area (Å²) >= 11 is 0. The van der Waals surface area contributed by atoms with Crippen molar-refractivity contribution >= 4 is 0 Å². The highest BCUT2D eigenvalue weighted by Crippen LogP contribution is 2.60. The van der Waals surface area contributed by atoms with Gasteiger partial charge in [-0.25, -0.2) is 0 Å². The van der Waals surface area contributed by atoms with Gasteiger partial charge in [0.2, 0.25) is 0 Å². The lowest BCUT2D eigenvalue weighted by Gasteiger charge is -2.64. The highest BCUT2D eigenvalue weighted by Gasteiger charge is 2.61. The molecule has 0 aromatic rings. The van der Waals surface area contributed by atoms with E-state index in [1.807, 2.05) is 0 Å². The van der Waals surface area contributed by atoms with Crippen LogP contribution >= 0.6 is 0 Å². The maximum atomic E-state index is 10.3. The molecule has 1 unspecified atom stereocenters. The van der Waals surface area contributed by atoms with E-state index in [1.54, 1.807) is 0 Å². The van der Waals surface area contributed by atoms with Gasteiger partial charge in [0, 0.05) is 19.1 Å². The Bertz CT molecular complexity index is 302. The molecule has 1 N–H and O–H groups in total. The van der Waals surface area contributed by atoms with Crippen LogP contribution < -0.4 is 0 Å². The van der Waals surface area contributed by atoms with Gasteiger partial charge in [0.25, 0.3) is 0 Å². The molecule has 16 heavy (non-hydrogen) atoms. The van der Waals surface area contributed by atoms with Gasteiger partial charge < -0.3 is 5.11 Å². The van der Waals surface area contributed by atoms with Crippen molar-refractivity contribution in [2.45, 2.75) is 63.0 Å². The fraction of sp³-hybridized carbons (Fsp3) is 1.00. The normalized spacial score (nSPS) is 39.9. The van der Waals surface area contributed by atoms with Crippen LogP contribution in [0.4, 0.5) is 0 Å². The van der Waals surface area contributed by atoms with Gasteiger partial charge in [-0.15, -0.1) is 0 Å². The van der Waals surface area contributed by atoms with Gasteiger partial charge in [-0.2, -0.15) is 0 Å². The van der Waals surface area contributed by atoms with E-state index < -0.39 is 0 Å². The molecular weight excluding hydrogens is 198 g/mol. The van der Waals surface area contributed by atoms with E-state index in [0.29, 0.717) is 0 Å². The van der Waals surface area contributed by atoms with Crippen LogP contribution in [0.3, 0.4) is 0 Å². The molecule has 3 saturated carbocycles. The second-order valence-electron chi connectivity index (χ2n) is 6.98. The first kappa shape index (κ1) is 9.90. The molecule has 0 aromatic heterocycles. The number of hydrogen-bond donors (Lipinski definition) is 1. The third kappa shape index (κ3) is 1.26. The molecule has 0 aromatic carbocycles. The predicted octanol–water partition coefficient (Wildman–Crippen LogP) is 2.17. The zero-order chi connectivity index (χ0) is 10.8. The lowest BCUT2D eigenvalue weighted by atomic mass is 9.56. The molecule has 3 aliphatic carbocycles. The van der Waals surface area contributed by atoms with Crippen molar-refractivity contribution in [1.29, 1.82) is 0 Å². The van der Waals surface area contributed by atoms with Gasteiger partial charge in [-0.1, -0.05) is 6.42 Å². The quantitative estimate of drug-likeness (QED) is 0.789. The third-order valence-corrected chi connectivity index (χ3v) is 5.74. The Labute approximate surface area is 98.0 Å². The van der Waals surface area contributed by atoms with Gasteiger partial charge in [0.15, 0.2) is 0 Å². The SMILES string of the molecule is OC1(CN2CC3(CCC3)C2C2CC2)CCC1. The Morgan fingerprint density at radius 3 is 2.19 bits per heavy atom. The van der Waals surface area contributed by atoms with E-state index >= 15 is 0 Å². The van der Waals surface area contributed by atoms with Crippen LogP contribution in [0.5, 0.6) is 0 Å². The summed E-state index contributed by atoms with van der Waals surface area (Å²) in [7, 11) is 0. The monoisotopic (exact) mass is 221 g/mol. The Balaban J connectivity index is 1.45. The summed E-state index contributed by atoms with van der Waals surface area (Å²) in [5.41, 5.74) is 0.430. The molecule has 0 bridgehead atoms. The number of β-amino-alcohol motifs (C(OH)–C–C–N with tert-alkyl or cyclic N) is 1. The molecule has 2 heteroatoms. The molecule has 1 aliphatic heterocycles. The minimum atomic E-state index is -0.293. The van der Waals surface area contributed by atoms with Crippen molar-refractivity contribution < 1.29 is 5.11 Å². The van der Waals surface area contributed by atoms with E-state index in [4.69, 9.17) is 0 Å². The van der Waals surface area contributed by atoms with Crippen LogP contribution in [0.1, 0.15) is 51.4 Å². The van der Waals surface area contributed by atoms with Crippen LogP contribution in [-0.2, 0) is 0 Å². The molecular formula is C14H23NO. The molecule has 1 spiro atoms. The molecule has 1 atom stereocenters. The van der Waals surface area contributed by atoms with Crippen LogP contribution in [0.15, 0.2) is 0 Å². The maximum absolute atomic E-state index is 10.3. The van der Waals surface area contributed by atoms with E-state index in [2.05, 4.69) is 4.90 Å². The van der Waals surface area contributed by atoms with Gasteiger partial charge in [-0.3, -0.25) is 4.90 Å². The largest absolute Gasteiger partial charge is 0.389 e. The first-order valence-electron chi connectivity index (χ1n) is 7.17. The topological polar surface area (TPSA) is 23.5 Å². The minimum absolute atomic E-state index is 0.293. The van der Waals surface area contributed by atoms with E-state index in [0.717, 1.165) is 36.8 Å². The van der Waals surface area contributed by atoms with Crippen LogP contribution in [0, 0.1) is 11.3 Å². The Morgan fingerprint density at radius 1 is 1.06 bits per heavy atom. The van der Waals surface area contributed by atoms with Crippen molar-refractivity contribution in [3.63, 3.8) is 0 Å². The molecule has 1 saturated heterocycles. The first-order chi connectivity index (χ1) is 7.71. The standard InChI is InChI=1S/C14H23NO/c16-14(7-2-8-14)10-15-9-13(5-1-6-13)12(15)11-3-4-11/h11-12,16H,1-10H2. The summed E-state index contributed by atoms with van der Waals surface area (Å²) in [6, 6.07) is 0.867. The highest BCUT2D eigenvalue weighted by atomic mass is 16.3. The van der Waals surface area contributed by atoms with Gasteiger partial charge in [-0.05, 0) is 56.3 Å². The Hall–Kier alpha value is -0.0800. The average Bonchev–Trinajstić information content (AvgIpc) is 2.89. The average molecular weight is 221 g/mol. The fourth-order valence-electron chi connectivity index (χ4n) is 4.44. The third-order valence-electron chi connectivity index (χ3n) is 5.74. The molecule has 90 valence electrons. The number of aliphatic hydroxyl groups is 1. The summed E-state index contributed by atoms with van der Waals surface area (Å²) < 4.78 is 0. The summed E-state index contributed by atoms with van der Waals surface area (Å²) in [5, 5.41) is 10.3. The van der Waals surface area contributed by atoms with Crippen molar-refractivity contribution in [3.05, 3.63) is 0 Å². The summed E-state index contributed by atoms with van der Waals surface area (Å²) in [6.07, 6.45) is 10.7. The molecule has 4 fully saturated rings.